The van der Waals surface area contributed by atoms with Crippen molar-refractivity contribution in [3.05, 3.63) is 68.4 Å². The summed E-state index contributed by atoms with van der Waals surface area (Å²) in [5.41, 5.74) is 4.15. The van der Waals surface area contributed by atoms with Crippen molar-refractivity contribution >= 4 is 51.6 Å². The minimum absolute atomic E-state index is 0.240. The Morgan fingerprint density at radius 1 is 1.24 bits per heavy atom. The van der Waals surface area contributed by atoms with Crippen LogP contribution in [-0.4, -0.2) is 27.2 Å². The van der Waals surface area contributed by atoms with Crippen LogP contribution in [0.1, 0.15) is 17.0 Å². The largest absolute Gasteiger partial charge is 0.318 e. The van der Waals surface area contributed by atoms with Crippen LogP contribution in [0.5, 0.6) is 0 Å². The molecule has 2 amide bonds. The fourth-order valence-electron chi connectivity index (χ4n) is 2.87. The summed E-state index contributed by atoms with van der Waals surface area (Å²) in [6, 6.07) is 10.3. The van der Waals surface area contributed by atoms with Gasteiger partial charge in [-0.05, 0) is 84.1 Å². The van der Waals surface area contributed by atoms with Gasteiger partial charge in [0.05, 0.1) is 4.91 Å². The van der Waals surface area contributed by atoms with E-state index in [1.807, 2.05) is 26.0 Å². The third kappa shape index (κ3) is 3.46. The normalized spacial score (nSPS) is 16.1. The number of amides is 2. The Bertz CT molecular complexity index is 914. The number of thioether (sulfide) groups is 1. The summed E-state index contributed by atoms with van der Waals surface area (Å²) in [4.78, 5) is 26.0. The predicted octanol–water partition coefficient (Wildman–Crippen LogP) is 4.92. The number of carbonyl (C=O) groups excluding carboxylic acids is 2. The molecule has 6 heteroatoms. The fourth-order valence-corrected chi connectivity index (χ4v) is 4.24. The van der Waals surface area contributed by atoms with Gasteiger partial charge < -0.3 is 4.57 Å². The van der Waals surface area contributed by atoms with E-state index < -0.39 is 0 Å². The summed E-state index contributed by atoms with van der Waals surface area (Å²) in [7, 11) is 0. The molecule has 2 aromatic rings. The lowest BCUT2D eigenvalue weighted by Crippen LogP contribution is -2.27. The number of nitrogens with zero attached hydrogens (tertiary/aromatic N) is 2. The molecule has 0 N–H and O–H groups in total. The Balaban J connectivity index is 2.00. The van der Waals surface area contributed by atoms with E-state index in [2.05, 4.69) is 51.9 Å². The molecule has 0 bridgehead atoms. The second-order valence-corrected chi connectivity index (χ2v) is 7.96. The number of benzene rings is 1. The first kappa shape index (κ1) is 18.0. The molecule has 2 heterocycles. The van der Waals surface area contributed by atoms with Crippen molar-refractivity contribution in [1.29, 1.82) is 0 Å². The minimum atomic E-state index is -0.256. The van der Waals surface area contributed by atoms with Crippen LogP contribution in [0.15, 0.2) is 47.9 Å². The van der Waals surface area contributed by atoms with Crippen LogP contribution in [0, 0.1) is 17.4 Å². The van der Waals surface area contributed by atoms with Gasteiger partial charge >= 0.3 is 0 Å². The van der Waals surface area contributed by atoms with E-state index in [-0.39, 0.29) is 17.7 Å². The molecule has 4 nitrogen and oxygen atoms in total. The molecule has 1 saturated heterocycles. The second-order valence-electron chi connectivity index (χ2n) is 5.72. The first-order chi connectivity index (χ1) is 11.9. The third-order valence-corrected chi connectivity index (χ3v) is 5.59. The van der Waals surface area contributed by atoms with E-state index >= 15 is 0 Å². The van der Waals surface area contributed by atoms with E-state index in [1.165, 1.54) is 4.90 Å². The van der Waals surface area contributed by atoms with Gasteiger partial charge in [0.15, 0.2) is 0 Å². The van der Waals surface area contributed by atoms with Crippen LogP contribution in [0.25, 0.3) is 11.8 Å². The quantitative estimate of drug-likeness (QED) is 0.367. The molecule has 0 unspecified atom stereocenters. The summed E-state index contributed by atoms with van der Waals surface area (Å²) in [6.07, 6.45) is 3.36. The average Bonchev–Trinajstić information content (AvgIpc) is 2.98. The first-order valence-electron chi connectivity index (χ1n) is 7.73. The summed E-state index contributed by atoms with van der Waals surface area (Å²) < 4.78 is 3.32. The number of hydrogen-bond acceptors (Lipinski definition) is 3. The maximum Gasteiger partial charge on any atom is 0.293 e. The highest BCUT2D eigenvalue weighted by Gasteiger charge is 2.34. The first-order valence-corrected chi connectivity index (χ1v) is 9.63. The minimum Gasteiger partial charge on any atom is -0.318 e. The zero-order valence-electron chi connectivity index (χ0n) is 14.0. The Morgan fingerprint density at radius 2 is 2.00 bits per heavy atom. The van der Waals surface area contributed by atoms with Crippen molar-refractivity contribution in [1.82, 2.24) is 9.47 Å². The van der Waals surface area contributed by atoms with Gasteiger partial charge in [0.25, 0.3) is 11.1 Å². The summed E-state index contributed by atoms with van der Waals surface area (Å²) in [6.45, 7) is 7.89. The highest BCUT2D eigenvalue weighted by Crippen LogP contribution is 2.33. The fraction of sp³-hybridized carbons (Fsp3) is 0.158. The van der Waals surface area contributed by atoms with Gasteiger partial charge in [0.1, 0.15) is 0 Å². The van der Waals surface area contributed by atoms with Crippen LogP contribution in [0.2, 0.25) is 0 Å². The molecule has 25 heavy (non-hydrogen) atoms. The van der Waals surface area contributed by atoms with Gasteiger partial charge in [0, 0.05) is 27.2 Å². The monoisotopic (exact) mass is 464 g/mol. The summed E-state index contributed by atoms with van der Waals surface area (Å²) in [5.74, 6) is -0.256. The van der Waals surface area contributed by atoms with Gasteiger partial charge in [-0.15, -0.1) is 6.58 Å². The van der Waals surface area contributed by atoms with Crippen molar-refractivity contribution in [2.24, 2.45) is 0 Å². The number of rotatable bonds is 4. The molecule has 3 rings (SSSR count). The lowest BCUT2D eigenvalue weighted by Gasteiger charge is -2.10. The standard InChI is InChI=1S/C19H17IN2O2S/c1-4-8-21-18(23)17(25-19(21)24)10-14-9-12(2)22(13(14)3)16-7-5-6-15(20)11-16/h4-7,9-11H,1,8H2,2-3H3/b17-10+. The summed E-state index contributed by atoms with van der Waals surface area (Å²) in [5, 5.41) is -0.248. The van der Waals surface area contributed by atoms with Crippen LogP contribution in [-0.2, 0) is 4.79 Å². The van der Waals surface area contributed by atoms with Crippen molar-refractivity contribution in [2.45, 2.75) is 13.8 Å². The Morgan fingerprint density at radius 3 is 2.68 bits per heavy atom. The number of imide groups is 1. The predicted molar refractivity (Wildman–Crippen MR) is 111 cm³/mol. The molecule has 1 fully saturated rings. The smallest absolute Gasteiger partial charge is 0.293 e. The van der Waals surface area contributed by atoms with Crippen molar-refractivity contribution in [2.75, 3.05) is 6.54 Å². The average molecular weight is 464 g/mol. The molecule has 1 aromatic heterocycles. The number of carbonyl (C=O) groups is 2. The SMILES string of the molecule is C=CCN1C(=O)S/C(=C/c2cc(C)n(-c3cccc(I)c3)c2C)C1=O. The van der Waals surface area contributed by atoms with Gasteiger partial charge in [-0.25, -0.2) is 0 Å². The zero-order chi connectivity index (χ0) is 18.1. The molecule has 0 aliphatic carbocycles. The molecule has 0 atom stereocenters. The molecule has 128 valence electrons. The Hall–Kier alpha value is -1.80. The van der Waals surface area contributed by atoms with E-state index in [0.717, 1.165) is 38.0 Å². The van der Waals surface area contributed by atoms with Crippen molar-refractivity contribution in [3.8, 4) is 5.69 Å². The van der Waals surface area contributed by atoms with Gasteiger partial charge in [-0.1, -0.05) is 12.1 Å². The summed E-state index contributed by atoms with van der Waals surface area (Å²) >= 11 is 3.27. The molecule has 0 saturated carbocycles. The molecule has 1 aromatic carbocycles. The van der Waals surface area contributed by atoms with Crippen LogP contribution >= 0.6 is 34.4 Å². The lowest BCUT2D eigenvalue weighted by molar-refractivity contribution is -0.122. The topological polar surface area (TPSA) is 42.3 Å². The van der Waals surface area contributed by atoms with Crippen molar-refractivity contribution in [3.63, 3.8) is 0 Å². The van der Waals surface area contributed by atoms with E-state index in [0.29, 0.717) is 4.91 Å². The van der Waals surface area contributed by atoms with E-state index in [9.17, 15) is 9.59 Å². The van der Waals surface area contributed by atoms with Gasteiger partial charge in [0.2, 0.25) is 0 Å². The van der Waals surface area contributed by atoms with Crippen LogP contribution in [0.4, 0.5) is 4.79 Å². The molecule has 0 radical (unpaired) electrons. The highest BCUT2D eigenvalue weighted by molar-refractivity contribution is 14.1. The Kier molecular flexibility index (Phi) is 5.19. The number of hydrogen-bond donors (Lipinski definition) is 0. The molecule has 1 aliphatic heterocycles. The number of aryl methyl sites for hydroxylation is 1. The lowest BCUT2D eigenvalue weighted by atomic mass is 10.2. The molecule has 1 aliphatic rings. The number of aromatic nitrogens is 1. The molecular weight excluding hydrogens is 447 g/mol. The van der Waals surface area contributed by atoms with Gasteiger partial charge in [-0.2, -0.15) is 0 Å². The maximum atomic E-state index is 12.4. The number of halogens is 1. The Labute approximate surface area is 164 Å². The highest BCUT2D eigenvalue weighted by atomic mass is 127. The van der Waals surface area contributed by atoms with Crippen LogP contribution < -0.4 is 0 Å². The van der Waals surface area contributed by atoms with E-state index in [4.69, 9.17) is 0 Å². The molecular formula is C19H17IN2O2S. The van der Waals surface area contributed by atoms with Crippen LogP contribution in [0.3, 0.4) is 0 Å². The maximum absolute atomic E-state index is 12.4. The van der Waals surface area contributed by atoms with Gasteiger partial charge in [-0.3, -0.25) is 14.5 Å². The van der Waals surface area contributed by atoms with E-state index in [1.54, 1.807) is 12.2 Å². The second kappa shape index (κ2) is 7.21. The van der Waals surface area contributed by atoms with Crippen molar-refractivity contribution < 1.29 is 9.59 Å². The molecule has 0 spiro atoms. The zero-order valence-corrected chi connectivity index (χ0v) is 16.9. The third-order valence-electron chi connectivity index (χ3n) is 4.01.